The van der Waals surface area contributed by atoms with E-state index in [0.29, 0.717) is 0 Å². The Bertz CT molecular complexity index is 732. The fourth-order valence-electron chi connectivity index (χ4n) is 2.83. The lowest BCUT2D eigenvalue weighted by Crippen LogP contribution is -1.94. The van der Waals surface area contributed by atoms with Crippen molar-refractivity contribution < 1.29 is 0 Å². The minimum Gasteiger partial charge on any atom is -0.330 e. The van der Waals surface area contributed by atoms with Crippen molar-refractivity contribution in [2.24, 2.45) is 5.73 Å². The number of nitrogens with two attached hydrogens (primary N) is 1. The molecule has 3 aromatic rings. The van der Waals surface area contributed by atoms with Crippen LogP contribution >= 0.6 is 0 Å². The molecule has 0 saturated heterocycles. The van der Waals surface area contributed by atoms with E-state index in [-0.39, 0.29) is 0 Å². The molecule has 0 amide bonds. The third-order valence-corrected chi connectivity index (χ3v) is 4.67. The van der Waals surface area contributed by atoms with Crippen LogP contribution in [0.5, 0.6) is 0 Å². The Balaban J connectivity index is 0.000000396. The number of rotatable bonds is 1. The molecule has 0 spiro atoms. The molecule has 0 aliphatic rings. The van der Waals surface area contributed by atoms with E-state index < -0.39 is 0 Å². The normalized spacial score (nSPS) is 10.6. The van der Waals surface area contributed by atoms with Crippen LogP contribution in [0.15, 0.2) is 36.4 Å². The molecular formula is C21H27N. The van der Waals surface area contributed by atoms with Gasteiger partial charge in [0.05, 0.1) is 0 Å². The van der Waals surface area contributed by atoms with Gasteiger partial charge in [0, 0.05) is 0 Å². The molecule has 0 bridgehead atoms. The molecule has 0 aliphatic heterocycles. The first kappa shape index (κ1) is 16.5. The first-order valence-corrected chi connectivity index (χ1v) is 8.10. The minimum absolute atomic E-state index is 0.819. The van der Waals surface area contributed by atoms with E-state index >= 15 is 0 Å². The maximum absolute atomic E-state index is 5.03. The Kier molecular flexibility index (Phi) is 5.20. The Morgan fingerprint density at radius 3 is 1.41 bits per heavy atom. The molecule has 0 aromatic heterocycles. The van der Waals surface area contributed by atoms with Crippen LogP contribution in [0.25, 0.3) is 21.5 Å². The van der Waals surface area contributed by atoms with Crippen LogP contribution < -0.4 is 5.73 Å². The lowest BCUT2D eigenvalue weighted by Gasteiger charge is -2.15. The van der Waals surface area contributed by atoms with Gasteiger partial charge in [0.1, 0.15) is 0 Å². The lowest BCUT2D eigenvalue weighted by atomic mass is 9.90. The number of fused-ring (bicyclic) bond motifs is 2. The largest absolute Gasteiger partial charge is 0.330 e. The summed E-state index contributed by atoms with van der Waals surface area (Å²) in [6.45, 7) is 11.8. The summed E-state index contributed by atoms with van der Waals surface area (Å²) in [6, 6.07) is 13.3. The standard InChI is InChI=1S/C18H18.C3H9N/c1-11-12(2)14(4)18-10-16-8-6-5-7-15(16)9-17(18)13(11)3;1-2-3-4/h5-10H,1-4H3;2-4H2,1H3. The monoisotopic (exact) mass is 293 g/mol. The average molecular weight is 293 g/mol. The fourth-order valence-corrected chi connectivity index (χ4v) is 2.83. The van der Waals surface area contributed by atoms with Gasteiger partial charge in [-0.1, -0.05) is 31.2 Å². The summed E-state index contributed by atoms with van der Waals surface area (Å²) < 4.78 is 0. The highest BCUT2D eigenvalue weighted by atomic mass is 14.5. The van der Waals surface area contributed by atoms with E-state index in [1.54, 1.807) is 0 Å². The highest BCUT2D eigenvalue weighted by Gasteiger charge is 2.09. The van der Waals surface area contributed by atoms with E-state index in [0.717, 1.165) is 13.0 Å². The van der Waals surface area contributed by atoms with Gasteiger partial charge in [-0.2, -0.15) is 0 Å². The molecular weight excluding hydrogens is 266 g/mol. The zero-order valence-electron chi connectivity index (χ0n) is 14.5. The fraction of sp³-hybridized carbons (Fsp3) is 0.333. The van der Waals surface area contributed by atoms with Crippen LogP contribution in [0.2, 0.25) is 0 Å². The van der Waals surface area contributed by atoms with E-state index in [9.17, 15) is 0 Å². The van der Waals surface area contributed by atoms with Crippen molar-refractivity contribution >= 4 is 21.5 Å². The molecule has 0 unspecified atom stereocenters. The predicted molar refractivity (Wildman–Crippen MR) is 99.7 cm³/mol. The van der Waals surface area contributed by atoms with Gasteiger partial charge in [0.2, 0.25) is 0 Å². The maximum Gasteiger partial charge on any atom is -0.00799 e. The van der Waals surface area contributed by atoms with Crippen LogP contribution in [0.3, 0.4) is 0 Å². The van der Waals surface area contributed by atoms with Crippen LogP contribution in [-0.4, -0.2) is 6.54 Å². The average Bonchev–Trinajstić information content (AvgIpc) is 2.57. The first-order chi connectivity index (χ1) is 10.5. The molecule has 0 radical (unpaired) electrons. The Morgan fingerprint density at radius 1 is 0.727 bits per heavy atom. The maximum atomic E-state index is 5.03. The summed E-state index contributed by atoms with van der Waals surface area (Å²) in [5, 5.41) is 5.45. The van der Waals surface area contributed by atoms with Crippen molar-refractivity contribution in [1.29, 1.82) is 0 Å². The minimum atomic E-state index is 0.819. The van der Waals surface area contributed by atoms with Gasteiger partial charge in [-0.3, -0.25) is 0 Å². The van der Waals surface area contributed by atoms with Gasteiger partial charge in [-0.25, -0.2) is 0 Å². The number of hydrogen-bond acceptors (Lipinski definition) is 1. The highest BCUT2D eigenvalue weighted by Crippen LogP contribution is 2.32. The van der Waals surface area contributed by atoms with Gasteiger partial charge in [0.25, 0.3) is 0 Å². The summed E-state index contributed by atoms with van der Waals surface area (Å²) >= 11 is 0. The predicted octanol–water partition coefficient (Wildman–Crippen LogP) is 5.58. The Labute approximate surface area is 134 Å². The number of benzene rings is 3. The molecule has 1 heteroatoms. The smallest absolute Gasteiger partial charge is 0.00799 e. The quantitative estimate of drug-likeness (QED) is 0.582. The third kappa shape index (κ3) is 3.00. The molecule has 0 aliphatic carbocycles. The van der Waals surface area contributed by atoms with Gasteiger partial charge < -0.3 is 5.73 Å². The Morgan fingerprint density at radius 2 is 1.09 bits per heavy atom. The lowest BCUT2D eigenvalue weighted by molar-refractivity contribution is 0.932. The van der Waals surface area contributed by atoms with Crippen molar-refractivity contribution in [2.45, 2.75) is 41.0 Å². The van der Waals surface area contributed by atoms with E-state index in [2.05, 4.69) is 71.0 Å². The summed E-state index contributed by atoms with van der Waals surface area (Å²) in [6.07, 6.45) is 1.10. The van der Waals surface area contributed by atoms with Gasteiger partial charge in [-0.05, 0) is 96.6 Å². The van der Waals surface area contributed by atoms with E-state index in [1.165, 1.54) is 43.8 Å². The summed E-state index contributed by atoms with van der Waals surface area (Å²) in [7, 11) is 0. The molecule has 0 heterocycles. The second-order valence-electron chi connectivity index (χ2n) is 6.03. The van der Waals surface area contributed by atoms with Crippen LogP contribution in [-0.2, 0) is 0 Å². The van der Waals surface area contributed by atoms with Crippen LogP contribution in [0.4, 0.5) is 0 Å². The zero-order valence-corrected chi connectivity index (χ0v) is 14.5. The van der Waals surface area contributed by atoms with Gasteiger partial charge >= 0.3 is 0 Å². The molecule has 0 atom stereocenters. The molecule has 2 N–H and O–H groups in total. The number of aryl methyl sites for hydroxylation is 2. The summed E-state index contributed by atoms with van der Waals surface area (Å²) in [5.74, 6) is 0. The van der Waals surface area contributed by atoms with Crippen molar-refractivity contribution in [1.82, 2.24) is 0 Å². The molecule has 0 saturated carbocycles. The van der Waals surface area contributed by atoms with Crippen molar-refractivity contribution in [3.63, 3.8) is 0 Å². The first-order valence-electron chi connectivity index (χ1n) is 8.10. The number of hydrogen-bond donors (Lipinski definition) is 1. The second-order valence-corrected chi connectivity index (χ2v) is 6.03. The van der Waals surface area contributed by atoms with Gasteiger partial charge in [-0.15, -0.1) is 0 Å². The Hall–Kier alpha value is -1.86. The highest BCUT2D eigenvalue weighted by molar-refractivity contribution is 6.01. The SMILES string of the molecule is CCCN.Cc1c(C)c(C)c2cc3ccccc3cc2c1C. The molecule has 3 rings (SSSR count). The third-order valence-electron chi connectivity index (χ3n) is 4.67. The van der Waals surface area contributed by atoms with Crippen molar-refractivity contribution in [3.05, 3.63) is 58.7 Å². The zero-order chi connectivity index (χ0) is 16.3. The van der Waals surface area contributed by atoms with Crippen molar-refractivity contribution in [3.8, 4) is 0 Å². The van der Waals surface area contributed by atoms with Crippen molar-refractivity contribution in [2.75, 3.05) is 6.54 Å². The van der Waals surface area contributed by atoms with Crippen LogP contribution in [0, 0.1) is 27.7 Å². The van der Waals surface area contributed by atoms with E-state index in [1.807, 2.05) is 0 Å². The summed E-state index contributed by atoms with van der Waals surface area (Å²) in [5.41, 5.74) is 10.7. The van der Waals surface area contributed by atoms with Crippen LogP contribution in [0.1, 0.15) is 35.6 Å². The molecule has 0 fully saturated rings. The van der Waals surface area contributed by atoms with Gasteiger partial charge in [0.15, 0.2) is 0 Å². The van der Waals surface area contributed by atoms with E-state index in [4.69, 9.17) is 5.73 Å². The molecule has 22 heavy (non-hydrogen) atoms. The molecule has 116 valence electrons. The summed E-state index contributed by atoms with van der Waals surface area (Å²) in [4.78, 5) is 0. The topological polar surface area (TPSA) is 26.0 Å². The molecule has 3 aromatic carbocycles. The molecule has 1 nitrogen and oxygen atoms in total. The second kappa shape index (κ2) is 6.93.